The van der Waals surface area contributed by atoms with E-state index >= 15 is 0 Å². The number of nitrogens with two attached hydrogens (primary N) is 1. The van der Waals surface area contributed by atoms with Crippen LogP contribution in [0.1, 0.15) is 37.9 Å². The summed E-state index contributed by atoms with van der Waals surface area (Å²) in [6.07, 6.45) is 9.99. The molecule has 6 nitrogen and oxygen atoms in total. The minimum atomic E-state index is 0.495. The number of rotatable bonds is 3. The summed E-state index contributed by atoms with van der Waals surface area (Å²) in [7, 11) is 1.96. The first-order valence-corrected chi connectivity index (χ1v) is 6.53. The first-order chi connectivity index (χ1) is 8.79. The summed E-state index contributed by atoms with van der Waals surface area (Å²) in [5.74, 6) is 7.08. The maximum atomic E-state index is 5.50. The number of imidazole rings is 1. The molecule has 100 valence electrons. The van der Waals surface area contributed by atoms with E-state index in [0.29, 0.717) is 18.5 Å². The Kier molecular flexibility index (Phi) is 4.58. The summed E-state index contributed by atoms with van der Waals surface area (Å²) in [6, 6.07) is 0.495. The van der Waals surface area contributed by atoms with Gasteiger partial charge in [-0.05, 0) is 12.8 Å². The minimum absolute atomic E-state index is 0.495. The van der Waals surface area contributed by atoms with Crippen molar-refractivity contribution in [2.24, 2.45) is 17.9 Å². The molecule has 1 aliphatic carbocycles. The summed E-state index contributed by atoms with van der Waals surface area (Å²) in [5, 5.41) is 3.36. The van der Waals surface area contributed by atoms with E-state index in [4.69, 9.17) is 5.84 Å². The van der Waals surface area contributed by atoms with Crippen LogP contribution in [0.5, 0.6) is 0 Å². The molecule has 1 heterocycles. The standard InChI is InChI=1S/C12H22N6/c1-18-8-7-14-11(18)9-15-12(17-13)16-10-5-3-2-4-6-10/h7-8,10H,2-6,9,13H2,1H3,(H2,15,16,17). The Hall–Kier alpha value is -1.56. The second-order valence-corrected chi connectivity index (χ2v) is 4.74. The van der Waals surface area contributed by atoms with Crippen molar-refractivity contribution < 1.29 is 0 Å². The van der Waals surface area contributed by atoms with E-state index in [-0.39, 0.29) is 0 Å². The summed E-state index contributed by atoms with van der Waals surface area (Å²) in [5.41, 5.74) is 2.63. The minimum Gasteiger partial charge on any atom is -0.353 e. The van der Waals surface area contributed by atoms with Crippen LogP contribution in [0.3, 0.4) is 0 Å². The average molecular weight is 250 g/mol. The van der Waals surface area contributed by atoms with Crippen LogP contribution in [0, 0.1) is 0 Å². The average Bonchev–Trinajstić information content (AvgIpc) is 2.81. The van der Waals surface area contributed by atoms with Gasteiger partial charge in [-0.25, -0.2) is 15.8 Å². The Morgan fingerprint density at radius 3 is 2.89 bits per heavy atom. The van der Waals surface area contributed by atoms with Crippen LogP contribution >= 0.6 is 0 Å². The second kappa shape index (κ2) is 6.39. The first-order valence-electron chi connectivity index (χ1n) is 6.53. The molecular formula is C12H22N6. The van der Waals surface area contributed by atoms with Crippen molar-refractivity contribution in [3.63, 3.8) is 0 Å². The highest BCUT2D eigenvalue weighted by atomic mass is 15.3. The van der Waals surface area contributed by atoms with Gasteiger partial charge in [0, 0.05) is 25.5 Å². The molecule has 0 aromatic carbocycles. The predicted molar refractivity (Wildman–Crippen MR) is 71.7 cm³/mol. The lowest BCUT2D eigenvalue weighted by atomic mass is 9.96. The van der Waals surface area contributed by atoms with Crippen molar-refractivity contribution in [1.82, 2.24) is 20.3 Å². The molecule has 18 heavy (non-hydrogen) atoms. The number of hydrogen-bond donors (Lipinski definition) is 3. The molecule has 0 radical (unpaired) electrons. The fraction of sp³-hybridized carbons (Fsp3) is 0.667. The van der Waals surface area contributed by atoms with Gasteiger partial charge in [-0.15, -0.1) is 0 Å². The molecule has 1 aromatic rings. The van der Waals surface area contributed by atoms with E-state index in [1.807, 2.05) is 17.8 Å². The normalized spacial score (nSPS) is 17.8. The molecule has 2 rings (SSSR count). The van der Waals surface area contributed by atoms with E-state index in [1.165, 1.54) is 32.1 Å². The molecule has 0 atom stereocenters. The summed E-state index contributed by atoms with van der Waals surface area (Å²) < 4.78 is 1.96. The SMILES string of the molecule is Cn1ccnc1CN=C(NN)NC1CCCCC1. The van der Waals surface area contributed by atoms with E-state index < -0.39 is 0 Å². The van der Waals surface area contributed by atoms with Gasteiger partial charge in [-0.3, -0.25) is 5.43 Å². The highest BCUT2D eigenvalue weighted by molar-refractivity contribution is 5.79. The number of nitrogens with zero attached hydrogens (tertiary/aromatic N) is 3. The maximum absolute atomic E-state index is 5.50. The van der Waals surface area contributed by atoms with Crippen LogP contribution in [0.4, 0.5) is 0 Å². The highest BCUT2D eigenvalue weighted by Crippen LogP contribution is 2.17. The summed E-state index contributed by atoms with van der Waals surface area (Å²) >= 11 is 0. The number of guanidine groups is 1. The fourth-order valence-corrected chi connectivity index (χ4v) is 2.27. The summed E-state index contributed by atoms with van der Waals surface area (Å²) in [6.45, 7) is 0.531. The van der Waals surface area contributed by atoms with E-state index in [2.05, 4.69) is 20.7 Å². The van der Waals surface area contributed by atoms with E-state index in [1.54, 1.807) is 6.20 Å². The highest BCUT2D eigenvalue weighted by Gasteiger charge is 2.14. The van der Waals surface area contributed by atoms with Crippen molar-refractivity contribution in [3.05, 3.63) is 18.2 Å². The van der Waals surface area contributed by atoms with Gasteiger partial charge in [0.25, 0.3) is 0 Å². The third-order valence-corrected chi connectivity index (χ3v) is 3.38. The lowest BCUT2D eigenvalue weighted by Crippen LogP contribution is -2.47. The molecule has 1 aromatic heterocycles. The van der Waals surface area contributed by atoms with Crippen molar-refractivity contribution in [1.29, 1.82) is 0 Å². The van der Waals surface area contributed by atoms with Crippen molar-refractivity contribution in [2.45, 2.75) is 44.7 Å². The molecule has 1 fully saturated rings. The fourth-order valence-electron chi connectivity index (χ4n) is 2.27. The smallest absolute Gasteiger partial charge is 0.206 e. The van der Waals surface area contributed by atoms with Gasteiger partial charge in [0.2, 0.25) is 5.96 Å². The molecule has 0 unspecified atom stereocenters. The molecular weight excluding hydrogens is 228 g/mol. The topological polar surface area (TPSA) is 80.3 Å². The van der Waals surface area contributed by atoms with E-state index in [0.717, 1.165) is 5.82 Å². The van der Waals surface area contributed by atoms with Crippen LogP contribution in [-0.4, -0.2) is 21.6 Å². The Morgan fingerprint density at radius 2 is 2.28 bits per heavy atom. The molecule has 6 heteroatoms. The van der Waals surface area contributed by atoms with Gasteiger partial charge in [-0.2, -0.15) is 0 Å². The quantitative estimate of drug-likeness (QED) is 0.319. The molecule has 0 spiro atoms. The van der Waals surface area contributed by atoms with Crippen LogP contribution in [0.2, 0.25) is 0 Å². The lowest BCUT2D eigenvalue weighted by Gasteiger charge is -2.24. The van der Waals surface area contributed by atoms with Gasteiger partial charge < -0.3 is 9.88 Å². The first kappa shape index (κ1) is 12.9. The second-order valence-electron chi connectivity index (χ2n) is 4.74. The van der Waals surface area contributed by atoms with Crippen LogP contribution in [0.15, 0.2) is 17.4 Å². The van der Waals surface area contributed by atoms with Gasteiger partial charge >= 0.3 is 0 Å². The molecule has 1 saturated carbocycles. The van der Waals surface area contributed by atoms with Crippen molar-refractivity contribution >= 4 is 5.96 Å². The molecule has 0 bridgehead atoms. The van der Waals surface area contributed by atoms with Gasteiger partial charge in [-0.1, -0.05) is 19.3 Å². The van der Waals surface area contributed by atoms with E-state index in [9.17, 15) is 0 Å². The molecule has 1 aliphatic rings. The molecule has 0 aliphatic heterocycles. The zero-order chi connectivity index (χ0) is 12.8. The van der Waals surface area contributed by atoms with Crippen molar-refractivity contribution in [3.8, 4) is 0 Å². The van der Waals surface area contributed by atoms with Gasteiger partial charge in [0.15, 0.2) is 0 Å². The number of aromatic nitrogens is 2. The number of aliphatic imine (C=N–C) groups is 1. The molecule has 0 saturated heterocycles. The third-order valence-electron chi connectivity index (χ3n) is 3.38. The van der Waals surface area contributed by atoms with Crippen molar-refractivity contribution in [2.75, 3.05) is 0 Å². The maximum Gasteiger partial charge on any atom is 0.206 e. The Labute approximate surface area is 108 Å². The van der Waals surface area contributed by atoms with Crippen LogP contribution in [0.25, 0.3) is 0 Å². The summed E-state index contributed by atoms with van der Waals surface area (Å²) in [4.78, 5) is 8.65. The molecule has 0 amide bonds. The lowest BCUT2D eigenvalue weighted by molar-refractivity contribution is 0.410. The Bertz CT molecular complexity index is 391. The van der Waals surface area contributed by atoms with Crippen LogP contribution in [-0.2, 0) is 13.6 Å². The Morgan fingerprint density at radius 1 is 1.50 bits per heavy atom. The molecule has 4 N–H and O–H groups in total. The zero-order valence-electron chi connectivity index (χ0n) is 10.9. The zero-order valence-corrected chi connectivity index (χ0v) is 10.9. The van der Waals surface area contributed by atoms with Gasteiger partial charge in [0.05, 0.1) is 0 Å². The number of hydrogen-bond acceptors (Lipinski definition) is 3. The number of hydrazine groups is 1. The van der Waals surface area contributed by atoms with Crippen LogP contribution < -0.4 is 16.6 Å². The number of nitrogens with one attached hydrogen (secondary N) is 2. The Balaban J connectivity index is 1.89. The monoisotopic (exact) mass is 250 g/mol. The van der Waals surface area contributed by atoms with Gasteiger partial charge in [0.1, 0.15) is 12.4 Å². The largest absolute Gasteiger partial charge is 0.353 e. The third kappa shape index (κ3) is 3.46. The number of aryl methyl sites for hydroxylation is 1. The predicted octanol–water partition coefficient (Wildman–Crippen LogP) is 0.662.